The van der Waals surface area contributed by atoms with Crippen LogP contribution >= 0.6 is 11.8 Å². The van der Waals surface area contributed by atoms with E-state index in [1.165, 1.54) is 12.1 Å². The topological polar surface area (TPSA) is 75.9 Å². The highest BCUT2D eigenvalue weighted by molar-refractivity contribution is 7.98. The normalized spacial score (nSPS) is 16.6. The summed E-state index contributed by atoms with van der Waals surface area (Å²) in [5, 5.41) is 11.0. The van der Waals surface area contributed by atoms with Gasteiger partial charge >= 0.3 is 0 Å². The van der Waals surface area contributed by atoms with Crippen molar-refractivity contribution in [2.75, 3.05) is 31.9 Å². The zero-order valence-corrected chi connectivity index (χ0v) is 16.9. The quantitative estimate of drug-likeness (QED) is 0.401. The third-order valence-corrected chi connectivity index (χ3v) is 5.72. The zero-order valence-electron chi connectivity index (χ0n) is 16.1. The lowest BCUT2D eigenvalue weighted by atomic mass is 10.1. The number of carbonyl (C=O) groups excluding carboxylic acids is 1. The molecule has 0 aliphatic carbocycles. The number of rotatable bonds is 7. The molecule has 0 N–H and O–H groups in total. The van der Waals surface area contributed by atoms with E-state index in [4.69, 9.17) is 4.74 Å². The van der Waals surface area contributed by atoms with Crippen LogP contribution in [0.25, 0.3) is 0 Å². The number of anilines is 1. The molecule has 0 aromatic heterocycles. The number of ether oxygens (including phenoxy) is 1. The number of amides is 1. The first-order chi connectivity index (χ1) is 13.4. The number of thioether (sulfide) groups is 1. The van der Waals surface area contributed by atoms with Crippen molar-refractivity contribution >= 4 is 29.0 Å². The SMILES string of the molecule is COc1cc(CN(C)C2CCN(c3cccc([N+](=O)[O-])c3)C2=O)ccc1SC. The number of methoxy groups -OCH3 is 1. The Balaban J connectivity index is 1.72. The largest absolute Gasteiger partial charge is 0.496 e. The van der Waals surface area contributed by atoms with E-state index < -0.39 is 4.92 Å². The van der Waals surface area contributed by atoms with E-state index in [1.54, 1.807) is 35.9 Å². The lowest BCUT2D eigenvalue weighted by molar-refractivity contribution is -0.384. The van der Waals surface area contributed by atoms with Crippen LogP contribution in [-0.4, -0.2) is 48.7 Å². The summed E-state index contributed by atoms with van der Waals surface area (Å²) in [6.07, 6.45) is 2.68. The van der Waals surface area contributed by atoms with Crippen LogP contribution in [0, 0.1) is 10.1 Å². The van der Waals surface area contributed by atoms with Crippen molar-refractivity contribution in [2.24, 2.45) is 0 Å². The molecule has 1 aliphatic heterocycles. The molecule has 8 heteroatoms. The van der Waals surface area contributed by atoms with Gasteiger partial charge in [0.05, 0.1) is 23.8 Å². The molecule has 0 spiro atoms. The number of carbonyl (C=O) groups is 1. The number of non-ortho nitro benzene ring substituents is 1. The maximum Gasteiger partial charge on any atom is 0.271 e. The van der Waals surface area contributed by atoms with Gasteiger partial charge in [-0.15, -0.1) is 11.8 Å². The van der Waals surface area contributed by atoms with Crippen LogP contribution in [0.15, 0.2) is 47.4 Å². The molecule has 1 aliphatic rings. The summed E-state index contributed by atoms with van der Waals surface area (Å²) in [5.74, 6) is 0.796. The minimum absolute atomic E-state index is 0.0110. The highest BCUT2D eigenvalue weighted by Crippen LogP contribution is 2.30. The van der Waals surface area contributed by atoms with E-state index in [1.807, 2.05) is 36.4 Å². The predicted octanol–water partition coefficient (Wildman–Crippen LogP) is 3.56. The van der Waals surface area contributed by atoms with Gasteiger partial charge in [0.25, 0.3) is 5.69 Å². The Morgan fingerprint density at radius 2 is 2.11 bits per heavy atom. The first kappa shape index (κ1) is 20.2. The molecular formula is C20H23N3O4S. The van der Waals surface area contributed by atoms with Crippen molar-refractivity contribution in [3.05, 3.63) is 58.1 Å². The predicted molar refractivity (Wildman–Crippen MR) is 110 cm³/mol. The van der Waals surface area contributed by atoms with Gasteiger partial charge in [0, 0.05) is 30.1 Å². The van der Waals surface area contributed by atoms with Crippen LogP contribution in [0.1, 0.15) is 12.0 Å². The van der Waals surface area contributed by atoms with E-state index in [0.29, 0.717) is 25.2 Å². The van der Waals surface area contributed by atoms with Crippen LogP contribution in [0.3, 0.4) is 0 Å². The maximum atomic E-state index is 12.9. The van der Waals surface area contributed by atoms with Crippen LogP contribution in [0.4, 0.5) is 11.4 Å². The number of benzene rings is 2. The minimum atomic E-state index is -0.445. The first-order valence-electron chi connectivity index (χ1n) is 8.91. The molecule has 3 rings (SSSR count). The fourth-order valence-corrected chi connectivity index (χ4v) is 4.03. The highest BCUT2D eigenvalue weighted by atomic mass is 32.2. The molecule has 1 atom stereocenters. The molecule has 1 amide bonds. The van der Waals surface area contributed by atoms with E-state index in [-0.39, 0.29) is 17.6 Å². The third kappa shape index (κ3) is 4.13. The van der Waals surface area contributed by atoms with Gasteiger partial charge in [0.1, 0.15) is 5.75 Å². The Morgan fingerprint density at radius 1 is 1.32 bits per heavy atom. The molecule has 148 valence electrons. The van der Waals surface area contributed by atoms with Gasteiger partial charge in [-0.25, -0.2) is 0 Å². The number of hydrogen-bond acceptors (Lipinski definition) is 6. The molecule has 2 aromatic carbocycles. The molecule has 1 unspecified atom stereocenters. The molecule has 0 saturated carbocycles. The van der Waals surface area contributed by atoms with Crippen LogP contribution in [-0.2, 0) is 11.3 Å². The molecule has 0 radical (unpaired) electrons. The standard InChI is InChI=1S/C20H23N3O4S/c1-21(13-14-7-8-19(28-3)18(11-14)27-2)17-9-10-22(20(17)24)15-5-4-6-16(12-15)23(25)26/h4-8,11-12,17H,9-10,13H2,1-3H3. The second kappa shape index (κ2) is 8.62. The highest BCUT2D eigenvalue weighted by Gasteiger charge is 2.35. The van der Waals surface area contributed by atoms with Gasteiger partial charge in [-0.3, -0.25) is 19.8 Å². The number of nitrogens with zero attached hydrogens (tertiary/aromatic N) is 3. The number of nitro benzene ring substituents is 1. The summed E-state index contributed by atoms with van der Waals surface area (Å²) in [7, 11) is 3.58. The maximum absolute atomic E-state index is 12.9. The summed E-state index contributed by atoms with van der Waals surface area (Å²) in [6, 6.07) is 12.0. The van der Waals surface area contributed by atoms with Crippen molar-refractivity contribution in [3.8, 4) is 5.75 Å². The molecule has 1 fully saturated rings. The van der Waals surface area contributed by atoms with Gasteiger partial charge in [0.15, 0.2) is 0 Å². The molecule has 1 saturated heterocycles. The Morgan fingerprint density at radius 3 is 2.79 bits per heavy atom. The Bertz CT molecular complexity index is 890. The van der Waals surface area contributed by atoms with E-state index >= 15 is 0 Å². The van der Waals surface area contributed by atoms with Crippen molar-refractivity contribution < 1.29 is 14.5 Å². The van der Waals surface area contributed by atoms with E-state index in [9.17, 15) is 14.9 Å². The van der Waals surface area contributed by atoms with Crippen molar-refractivity contribution in [1.29, 1.82) is 0 Å². The van der Waals surface area contributed by atoms with Crippen LogP contribution in [0.2, 0.25) is 0 Å². The first-order valence-corrected chi connectivity index (χ1v) is 10.1. The zero-order chi connectivity index (χ0) is 20.3. The lowest BCUT2D eigenvalue weighted by Crippen LogP contribution is -2.39. The minimum Gasteiger partial charge on any atom is -0.496 e. The molecule has 7 nitrogen and oxygen atoms in total. The average Bonchev–Trinajstić information content (AvgIpc) is 3.09. The number of nitro groups is 1. The van der Waals surface area contributed by atoms with Gasteiger partial charge in [-0.1, -0.05) is 12.1 Å². The van der Waals surface area contributed by atoms with Crippen molar-refractivity contribution in [1.82, 2.24) is 4.90 Å². The summed E-state index contributed by atoms with van der Waals surface area (Å²) < 4.78 is 5.44. The Kier molecular flexibility index (Phi) is 6.21. The van der Waals surface area contributed by atoms with E-state index in [2.05, 4.69) is 0 Å². The molecule has 1 heterocycles. The Labute approximate surface area is 168 Å². The van der Waals surface area contributed by atoms with E-state index in [0.717, 1.165) is 16.2 Å². The summed E-state index contributed by atoms with van der Waals surface area (Å²) in [4.78, 5) is 28.2. The monoisotopic (exact) mass is 401 g/mol. The second-order valence-electron chi connectivity index (χ2n) is 6.68. The van der Waals surface area contributed by atoms with Crippen LogP contribution < -0.4 is 9.64 Å². The van der Waals surface area contributed by atoms with Gasteiger partial charge in [-0.05, 0) is 43.5 Å². The number of hydrogen-bond donors (Lipinski definition) is 0. The summed E-state index contributed by atoms with van der Waals surface area (Å²) in [5.41, 5.74) is 1.63. The van der Waals surface area contributed by atoms with Gasteiger partial charge < -0.3 is 9.64 Å². The molecular weight excluding hydrogens is 378 g/mol. The van der Waals surface area contributed by atoms with Crippen LogP contribution in [0.5, 0.6) is 5.75 Å². The lowest BCUT2D eigenvalue weighted by Gasteiger charge is -2.24. The fraction of sp³-hybridized carbons (Fsp3) is 0.350. The average molecular weight is 401 g/mol. The molecule has 2 aromatic rings. The van der Waals surface area contributed by atoms with Gasteiger partial charge in [-0.2, -0.15) is 0 Å². The molecule has 28 heavy (non-hydrogen) atoms. The van der Waals surface area contributed by atoms with Gasteiger partial charge in [0.2, 0.25) is 5.91 Å². The second-order valence-corrected chi connectivity index (χ2v) is 7.52. The van der Waals surface area contributed by atoms with Crippen molar-refractivity contribution in [3.63, 3.8) is 0 Å². The number of likely N-dealkylation sites (N-methyl/N-ethyl adjacent to an activating group) is 1. The molecule has 0 bridgehead atoms. The summed E-state index contributed by atoms with van der Waals surface area (Å²) >= 11 is 1.63. The smallest absolute Gasteiger partial charge is 0.271 e. The van der Waals surface area contributed by atoms with Crippen molar-refractivity contribution in [2.45, 2.75) is 23.9 Å². The summed E-state index contributed by atoms with van der Waals surface area (Å²) in [6.45, 7) is 1.16. The Hall–Kier alpha value is -2.58. The third-order valence-electron chi connectivity index (χ3n) is 4.94. The fourth-order valence-electron chi connectivity index (χ4n) is 3.48.